The van der Waals surface area contributed by atoms with Crippen molar-refractivity contribution in [3.05, 3.63) is 111 Å². The number of pyridine rings is 1. The Hall–Kier alpha value is -4.81. The molecule has 2 saturated heterocycles. The van der Waals surface area contributed by atoms with E-state index in [0.717, 1.165) is 96.7 Å². The summed E-state index contributed by atoms with van der Waals surface area (Å²) in [5.74, 6) is -0.533. The van der Waals surface area contributed by atoms with Crippen molar-refractivity contribution in [2.24, 2.45) is 0 Å². The number of nitrogens with one attached hydrogen (secondary N) is 4. The average Bonchev–Trinajstić information content (AvgIpc) is 3.46. The smallest absolute Gasteiger partial charge is 0.251 e. The van der Waals surface area contributed by atoms with Gasteiger partial charge >= 0.3 is 0 Å². The zero-order valence-electron chi connectivity index (χ0n) is 31.8. The van der Waals surface area contributed by atoms with E-state index in [9.17, 15) is 9.59 Å². The number of benzene rings is 3. The van der Waals surface area contributed by atoms with E-state index in [1.807, 2.05) is 29.1 Å². The van der Waals surface area contributed by atoms with Gasteiger partial charge in [0.2, 0.25) is 0 Å². The largest absolute Gasteiger partial charge is 0.381 e. The summed E-state index contributed by atoms with van der Waals surface area (Å²) in [7, 11) is 0. The molecule has 2 aliphatic heterocycles. The summed E-state index contributed by atoms with van der Waals surface area (Å²) >= 11 is 6.71. The molecule has 55 heavy (non-hydrogen) atoms. The predicted molar refractivity (Wildman–Crippen MR) is 218 cm³/mol. The van der Waals surface area contributed by atoms with Gasteiger partial charge in [0.15, 0.2) is 5.65 Å². The van der Waals surface area contributed by atoms with Gasteiger partial charge in [-0.05, 0) is 98.8 Å². The lowest BCUT2D eigenvalue weighted by atomic mass is 10.0. The number of rotatable bonds is 13. The first-order chi connectivity index (χ1) is 26.9. The lowest BCUT2D eigenvalue weighted by Crippen LogP contribution is -2.30. The van der Waals surface area contributed by atoms with Gasteiger partial charge in [0.1, 0.15) is 0 Å². The number of carbonyl (C=O) groups is 2. The van der Waals surface area contributed by atoms with Gasteiger partial charge in [0, 0.05) is 91.5 Å². The molecule has 3 aromatic carbocycles. The van der Waals surface area contributed by atoms with E-state index < -0.39 is 0 Å². The fourth-order valence-electron chi connectivity index (χ4n) is 7.52. The molecule has 2 fully saturated rings. The SMILES string of the molecule is CCc1nc2c(cnn2CC)c(NC2CCOCC2)c1CNC(=O)c1cccc(C(=O)NCc2ccc(Cl)c(-c3cccc(CN4CCCNCC4)c3)c2)c1. The Morgan fingerprint density at radius 3 is 2.47 bits per heavy atom. The second-order valence-electron chi connectivity index (χ2n) is 14.3. The van der Waals surface area contributed by atoms with E-state index in [1.165, 1.54) is 5.56 Å². The van der Waals surface area contributed by atoms with Crippen molar-refractivity contribution >= 4 is 40.1 Å². The number of nitrogens with zero attached hydrogens (tertiary/aromatic N) is 4. The van der Waals surface area contributed by atoms with Crippen molar-refractivity contribution in [1.29, 1.82) is 0 Å². The molecule has 0 saturated carbocycles. The number of hydrogen-bond donors (Lipinski definition) is 4. The summed E-state index contributed by atoms with van der Waals surface area (Å²) in [4.78, 5) is 34.5. The number of aryl methyl sites for hydroxylation is 2. The lowest BCUT2D eigenvalue weighted by molar-refractivity contribution is 0.0904. The second-order valence-corrected chi connectivity index (χ2v) is 14.7. The molecule has 4 N–H and O–H groups in total. The van der Waals surface area contributed by atoms with Crippen LogP contribution in [-0.2, 0) is 37.3 Å². The van der Waals surface area contributed by atoms with E-state index in [0.29, 0.717) is 48.9 Å². The highest BCUT2D eigenvalue weighted by Crippen LogP contribution is 2.32. The van der Waals surface area contributed by atoms with E-state index in [1.54, 1.807) is 24.3 Å². The normalized spacial score (nSPS) is 15.5. The van der Waals surface area contributed by atoms with Gasteiger partial charge in [-0.25, -0.2) is 9.67 Å². The Kier molecular flexibility index (Phi) is 12.7. The van der Waals surface area contributed by atoms with Crippen LogP contribution in [0.1, 0.15) is 76.2 Å². The molecule has 5 aromatic rings. The Balaban J connectivity index is 1.02. The minimum absolute atomic E-state index is 0.251. The van der Waals surface area contributed by atoms with Crippen molar-refractivity contribution in [2.45, 2.75) is 71.8 Å². The maximum Gasteiger partial charge on any atom is 0.251 e. The van der Waals surface area contributed by atoms with Crippen LogP contribution in [0.5, 0.6) is 0 Å². The molecule has 2 amide bonds. The van der Waals surface area contributed by atoms with Crippen LogP contribution in [0.3, 0.4) is 0 Å². The number of anilines is 1. The third-order valence-electron chi connectivity index (χ3n) is 10.5. The number of aromatic nitrogens is 3. The molecule has 12 heteroatoms. The molecule has 288 valence electrons. The molecule has 7 rings (SSSR count). The van der Waals surface area contributed by atoms with Crippen LogP contribution >= 0.6 is 11.6 Å². The molecule has 0 spiro atoms. The quantitative estimate of drug-likeness (QED) is 0.106. The zero-order chi connectivity index (χ0) is 38.1. The summed E-state index contributed by atoms with van der Waals surface area (Å²) < 4.78 is 7.51. The molecular formula is C43H51ClN8O3. The van der Waals surface area contributed by atoms with Crippen LogP contribution in [0, 0.1) is 0 Å². The van der Waals surface area contributed by atoms with Crippen LogP contribution in [-0.4, -0.2) is 76.9 Å². The van der Waals surface area contributed by atoms with Crippen molar-refractivity contribution in [2.75, 3.05) is 44.7 Å². The van der Waals surface area contributed by atoms with E-state index in [2.05, 4.69) is 69.4 Å². The molecule has 0 atom stereocenters. The van der Waals surface area contributed by atoms with Crippen LogP contribution in [0.2, 0.25) is 5.02 Å². The number of carbonyl (C=O) groups excluding carboxylic acids is 2. The van der Waals surface area contributed by atoms with Gasteiger partial charge in [-0.2, -0.15) is 5.10 Å². The van der Waals surface area contributed by atoms with E-state index in [4.69, 9.17) is 21.3 Å². The number of fused-ring (bicyclic) bond motifs is 1. The zero-order valence-corrected chi connectivity index (χ0v) is 32.6. The number of amides is 2. The Morgan fingerprint density at radius 1 is 0.909 bits per heavy atom. The monoisotopic (exact) mass is 762 g/mol. The minimum atomic E-state index is -0.268. The first-order valence-electron chi connectivity index (χ1n) is 19.6. The molecule has 2 aromatic heterocycles. The molecule has 0 aliphatic carbocycles. The molecule has 11 nitrogen and oxygen atoms in total. The van der Waals surface area contributed by atoms with Crippen molar-refractivity contribution < 1.29 is 14.3 Å². The van der Waals surface area contributed by atoms with E-state index >= 15 is 0 Å². The van der Waals surface area contributed by atoms with Crippen LogP contribution < -0.4 is 21.3 Å². The van der Waals surface area contributed by atoms with Crippen molar-refractivity contribution in [3.8, 4) is 11.1 Å². The van der Waals surface area contributed by atoms with Crippen LogP contribution in [0.25, 0.3) is 22.2 Å². The second kappa shape index (κ2) is 18.2. The van der Waals surface area contributed by atoms with Gasteiger partial charge in [0.25, 0.3) is 11.8 Å². The highest BCUT2D eigenvalue weighted by atomic mass is 35.5. The molecule has 4 heterocycles. The van der Waals surface area contributed by atoms with Gasteiger partial charge in [-0.3, -0.25) is 14.5 Å². The summed E-state index contributed by atoms with van der Waals surface area (Å²) in [5.41, 5.74) is 8.62. The van der Waals surface area contributed by atoms with Gasteiger partial charge in [-0.1, -0.05) is 48.9 Å². The van der Waals surface area contributed by atoms with Crippen molar-refractivity contribution in [3.63, 3.8) is 0 Å². The summed E-state index contributed by atoms with van der Waals surface area (Å²) in [6, 6.07) is 21.5. The standard InChI is InChI=1S/C43H51ClN8O3/c1-3-39-36(40(49-34-14-20-55-21-15-34)37-27-48-52(4-2)41(37)50-39)26-47-43(54)33-11-6-10-32(24-33)42(53)46-25-29-12-13-38(44)35(23-29)31-9-5-8-30(22-31)28-51-18-7-16-45-17-19-51/h5-6,8-13,22-24,27,34,45H,3-4,7,14-21,25-26,28H2,1-2H3,(H,46,53)(H,47,54)(H,49,50). The topological polar surface area (TPSA) is 125 Å². The summed E-state index contributed by atoms with van der Waals surface area (Å²) in [6.07, 6.45) is 5.51. The Bertz CT molecular complexity index is 2120. The Labute approximate surface area is 328 Å². The maximum absolute atomic E-state index is 13.6. The van der Waals surface area contributed by atoms with Gasteiger partial charge in [0.05, 0.1) is 17.3 Å². The first-order valence-corrected chi connectivity index (χ1v) is 20.0. The van der Waals surface area contributed by atoms with Crippen LogP contribution in [0.15, 0.2) is 72.9 Å². The molecular weight excluding hydrogens is 712 g/mol. The number of hydrogen-bond acceptors (Lipinski definition) is 8. The molecule has 0 bridgehead atoms. The predicted octanol–water partition coefficient (Wildman–Crippen LogP) is 6.58. The number of halogens is 1. The molecule has 0 unspecified atom stereocenters. The third-order valence-corrected chi connectivity index (χ3v) is 10.9. The van der Waals surface area contributed by atoms with Crippen LogP contribution in [0.4, 0.5) is 5.69 Å². The fraction of sp³-hybridized carbons (Fsp3) is 0.395. The summed E-state index contributed by atoms with van der Waals surface area (Å²) in [5, 5.41) is 19.6. The minimum Gasteiger partial charge on any atom is -0.381 e. The summed E-state index contributed by atoms with van der Waals surface area (Å²) in [6.45, 7) is 11.9. The Morgan fingerprint density at radius 2 is 1.69 bits per heavy atom. The average molecular weight is 763 g/mol. The fourth-order valence-corrected chi connectivity index (χ4v) is 7.74. The lowest BCUT2D eigenvalue weighted by Gasteiger charge is -2.26. The molecule has 2 aliphatic rings. The highest BCUT2D eigenvalue weighted by Gasteiger charge is 2.22. The first kappa shape index (κ1) is 38.5. The van der Waals surface area contributed by atoms with Gasteiger partial charge in [-0.15, -0.1) is 0 Å². The maximum atomic E-state index is 13.6. The third kappa shape index (κ3) is 9.36. The molecule has 0 radical (unpaired) electrons. The van der Waals surface area contributed by atoms with Gasteiger partial charge < -0.3 is 26.0 Å². The number of ether oxygens (including phenoxy) is 1. The van der Waals surface area contributed by atoms with Crippen molar-refractivity contribution in [1.82, 2.24) is 35.6 Å². The highest BCUT2D eigenvalue weighted by molar-refractivity contribution is 6.33. The van der Waals surface area contributed by atoms with E-state index in [-0.39, 0.29) is 24.4 Å².